The number of nitrogens with zero attached hydrogens (tertiary/aromatic N) is 3. The van der Waals surface area contributed by atoms with Crippen LogP contribution in [-0.4, -0.2) is 35.5 Å². The summed E-state index contributed by atoms with van der Waals surface area (Å²) in [7, 11) is 1.25. The average Bonchev–Trinajstić information content (AvgIpc) is 2.79. The van der Waals surface area contributed by atoms with Gasteiger partial charge < -0.3 is 4.74 Å². The number of rotatable bonds is 2. The van der Waals surface area contributed by atoms with Crippen molar-refractivity contribution in [2.24, 2.45) is 5.92 Å². The van der Waals surface area contributed by atoms with Gasteiger partial charge >= 0.3 is 5.97 Å². The number of terminal acetylenes is 1. The van der Waals surface area contributed by atoms with Crippen LogP contribution in [0.25, 0.3) is 0 Å². The van der Waals surface area contributed by atoms with Crippen LogP contribution in [0.2, 0.25) is 0 Å². The Balaban J connectivity index is 2.37. The molecule has 0 bridgehead atoms. The first kappa shape index (κ1) is 12.0. The van der Waals surface area contributed by atoms with E-state index in [4.69, 9.17) is 6.42 Å². The molecule has 1 unspecified atom stereocenters. The van der Waals surface area contributed by atoms with Gasteiger partial charge in [-0.25, -0.2) is 14.8 Å². The summed E-state index contributed by atoms with van der Waals surface area (Å²) in [5, 5.41) is 0. The predicted molar refractivity (Wildman–Crippen MR) is 62.7 cm³/mol. The second-order valence-electron chi connectivity index (χ2n) is 3.79. The van der Waals surface area contributed by atoms with Crippen LogP contribution in [0.4, 0.5) is 5.82 Å². The quantitative estimate of drug-likeness (QED) is 0.551. The first-order valence-corrected chi connectivity index (χ1v) is 5.33. The van der Waals surface area contributed by atoms with Crippen molar-refractivity contribution in [3.05, 3.63) is 18.1 Å². The molecule has 18 heavy (non-hydrogen) atoms. The molecule has 1 amide bonds. The number of aromatic nitrogens is 2. The van der Waals surface area contributed by atoms with Crippen molar-refractivity contribution in [3.63, 3.8) is 0 Å². The van der Waals surface area contributed by atoms with Crippen molar-refractivity contribution in [2.45, 2.75) is 6.42 Å². The number of ether oxygens (including phenoxy) is 1. The van der Waals surface area contributed by atoms with Gasteiger partial charge in [0, 0.05) is 31.3 Å². The van der Waals surface area contributed by atoms with Crippen LogP contribution in [0, 0.1) is 18.3 Å². The molecule has 0 saturated carbocycles. The van der Waals surface area contributed by atoms with E-state index in [1.54, 1.807) is 0 Å². The highest BCUT2D eigenvalue weighted by molar-refractivity contribution is 6.01. The van der Waals surface area contributed by atoms with Crippen molar-refractivity contribution < 1.29 is 14.3 Å². The van der Waals surface area contributed by atoms with Gasteiger partial charge in [-0.15, -0.1) is 12.3 Å². The molecular formula is C12H11N3O3. The third-order valence-electron chi connectivity index (χ3n) is 2.67. The van der Waals surface area contributed by atoms with E-state index in [0.717, 1.165) is 0 Å². The number of amides is 1. The minimum absolute atomic E-state index is 0.0195. The molecule has 1 aliphatic heterocycles. The molecule has 1 aromatic heterocycles. The van der Waals surface area contributed by atoms with Gasteiger partial charge in [-0.05, 0) is 0 Å². The normalized spacial score (nSPS) is 18.6. The summed E-state index contributed by atoms with van der Waals surface area (Å²) in [6.07, 6.45) is 8.35. The van der Waals surface area contributed by atoms with E-state index >= 15 is 0 Å². The van der Waals surface area contributed by atoms with E-state index in [-0.39, 0.29) is 29.8 Å². The van der Waals surface area contributed by atoms with Gasteiger partial charge in [-0.2, -0.15) is 0 Å². The van der Waals surface area contributed by atoms with E-state index in [0.29, 0.717) is 6.54 Å². The van der Waals surface area contributed by atoms with Crippen LogP contribution >= 0.6 is 0 Å². The van der Waals surface area contributed by atoms with Crippen LogP contribution in [0.15, 0.2) is 12.4 Å². The summed E-state index contributed by atoms with van der Waals surface area (Å²) < 4.78 is 4.61. The number of carbonyl (C=O) groups excluding carboxylic acids is 2. The summed E-state index contributed by atoms with van der Waals surface area (Å²) >= 11 is 0. The topological polar surface area (TPSA) is 72.4 Å². The number of esters is 1. The maximum absolute atomic E-state index is 11.8. The fourth-order valence-electron chi connectivity index (χ4n) is 1.79. The molecule has 1 saturated heterocycles. The molecule has 92 valence electrons. The van der Waals surface area contributed by atoms with Gasteiger partial charge in [0.15, 0.2) is 11.5 Å². The molecule has 0 aromatic carbocycles. The summed E-state index contributed by atoms with van der Waals surface area (Å²) in [5.74, 6) is 1.78. The van der Waals surface area contributed by atoms with Crippen LogP contribution in [0.5, 0.6) is 0 Å². The highest BCUT2D eigenvalue weighted by Crippen LogP contribution is 2.25. The Morgan fingerprint density at radius 1 is 1.56 bits per heavy atom. The highest BCUT2D eigenvalue weighted by Gasteiger charge is 2.33. The number of anilines is 1. The fraction of sp³-hybridized carbons (Fsp3) is 0.333. The lowest BCUT2D eigenvalue weighted by molar-refractivity contribution is -0.117. The SMILES string of the molecule is C#CC1CC(=O)N(c2nccnc2C(=O)OC)C1. The van der Waals surface area contributed by atoms with E-state index in [1.165, 1.54) is 24.4 Å². The Hall–Kier alpha value is -2.42. The molecule has 0 radical (unpaired) electrons. The molecule has 1 atom stereocenters. The number of hydrogen-bond acceptors (Lipinski definition) is 5. The maximum Gasteiger partial charge on any atom is 0.360 e. The van der Waals surface area contributed by atoms with E-state index in [2.05, 4.69) is 20.6 Å². The lowest BCUT2D eigenvalue weighted by Crippen LogP contribution is -2.28. The monoisotopic (exact) mass is 245 g/mol. The Morgan fingerprint density at radius 3 is 2.89 bits per heavy atom. The van der Waals surface area contributed by atoms with Gasteiger partial charge in [0.1, 0.15) is 0 Å². The standard InChI is InChI=1S/C12H11N3O3/c1-3-8-6-9(16)15(7-8)11-10(12(17)18-2)13-4-5-14-11/h1,4-5,8H,6-7H2,2H3. The van der Waals surface area contributed by atoms with Crippen molar-refractivity contribution >= 4 is 17.7 Å². The van der Waals surface area contributed by atoms with Crippen molar-refractivity contribution in [2.75, 3.05) is 18.6 Å². The molecule has 6 nitrogen and oxygen atoms in total. The Morgan fingerprint density at radius 2 is 2.28 bits per heavy atom. The Labute approximate surface area is 104 Å². The third-order valence-corrected chi connectivity index (χ3v) is 2.67. The lowest BCUT2D eigenvalue weighted by Gasteiger charge is -2.16. The summed E-state index contributed by atoms with van der Waals surface area (Å²) in [6.45, 7) is 0.345. The average molecular weight is 245 g/mol. The van der Waals surface area contributed by atoms with Crippen molar-refractivity contribution in [1.29, 1.82) is 0 Å². The van der Waals surface area contributed by atoms with E-state index < -0.39 is 5.97 Å². The summed E-state index contributed by atoms with van der Waals surface area (Å²) in [4.78, 5) is 32.7. The predicted octanol–water partition coefficient (Wildman–Crippen LogP) is 0.249. The number of methoxy groups -OCH3 is 1. The molecule has 1 aromatic rings. The van der Waals surface area contributed by atoms with Gasteiger partial charge in [-0.3, -0.25) is 9.69 Å². The zero-order valence-corrected chi connectivity index (χ0v) is 9.79. The van der Waals surface area contributed by atoms with Gasteiger partial charge in [-0.1, -0.05) is 0 Å². The number of hydrogen-bond donors (Lipinski definition) is 0. The molecule has 2 heterocycles. The molecule has 0 spiro atoms. The first-order chi connectivity index (χ1) is 8.67. The largest absolute Gasteiger partial charge is 0.464 e. The van der Waals surface area contributed by atoms with Crippen molar-refractivity contribution in [3.8, 4) is 12.3 Å². The van der Waals surface area contributed by atoms with Crippen LogP contribution in [-0.2, 0) is 9.53 Å². The first-order valence-electron chi connectivity index (χ1n) is 5.33. The van der Waals surface area contributed by atoms with Crippen LogP contribution < -0.4 is 4.90 Å². The lowest BCUT2D eigenvalue weighted by atomic mass is 10.1. The molecule has 0 aliphatic carbocycles. The summed E-state index contributed by atoms with van der Waals surface area (Å²) in [5.41, 5.74) is 0.0195. The van der Waals surface area contributed by atoms with E-state index in [1.807, 2.05) is 0 Å². The van der Waals surface area contributed by atoms with Crippen molar-refractivity contribution in [1.82, 2.24) is 9.97 Å². The van der Waals surface area contributed by atoms with Gasteiger partial charge in [0.05, 0.1) is 7.11 Å². The third kappa shape index (κ3) is 2.02. The minimum atomic E-state index is -0.630. The molecule has 0 N–H and O–H groups in total. The Bertz CT molecular complexity index is 536. The fourth-order valence-corrected chi connectivity index (χ4v) is 1.79. The Kier molecular flexibility index (Phi) is 3.24. The smallest absolute Gasteiger partial charge is 0.360 e. The second kappa shape index (κ2) is 4.84. The van der Waals surface area contributed by atoms with Crippen LogP contribution in [0.1, 0.15) is 16.9 Å². The second-order valence-corrected chi connectivity index (χ2v) is 3.79. The molecule has 2 rings (SSSR count). The maximum atomic E-state index is 11.8. The van der Waals surface area contributed by atoms with Gasteiger partial charge in [0.25, 0.3) is 0 Å². The molecule has 1 fully saturated rings. The molecule has 1 aliphatic rings. The minimum Gasteiger partial charge on any atom is -0.464 e. The summed E-state index contributed by atoms with van der Waals surface area (Å²) in [6, 6.07) is 0. The molecule has 6 heteroatoms. The van der Waals surface area contributed by atoms with Crippen LogP contribution in [0.3, 0.4) is 0 Å². The highest BCUT2D eigenvalue weighted by atomic mass is 16.5. The zero-order valence-electron chi connectivity index (χ0n) is 9.79. The van der Waals surface area contributed by atoms with E-state index in [9.17, 15) is 9.59 Å². The number of carbonyl (C=O) groups is 2. The zero-order chi connectivity index (χ0) is 13.1. The van der Waals surface area contributed by atoms with Gasteiger partial charge in [0.2, 0.25) is 5.91 Å². The molecular weight excluding hydrogens is 234 g/mol.